The monoisotopic (exact) mass is 240 g/mol. The number of hydrogen-bond acceptors (Lipinski definition) is 2. The maximum atomic E-state index is 9.24. The first-order valence-corrected chi connectivity index (χ1v) is 5.93. The number of phenols is 1. The summed E-state index contributed by atoms with van der Waals surface area (Å²) in [6, 6.07) is 15.1. The molecule has 0 fully saturated rings. The minimum absolute atomic E-state index is 0.281. The summed E-state index contributed by atoms with van der Waals surface area (Å²) in [6.07, 6.45) is 2.69. The third-order valence-corrected chi connectivity index (χ3v) is 2.65. The lowest BCUT2D eigenvalue weighted by atomic mass is 10.1. The van der Waals surface area contributed by atoms with Gasteiger partial charge in [0, 0.05) is 0 Å². The topological polar surface area (TPSA) is 29.5 Å². The van der Waals surface area contributed by atoms with E-state index in [-0.39, 0.29) is 5.75 Å². The summed E-state index contributed by atoms with van der Waals surface area (Å²) in [5.74, 6) is 1.14. The largest absolute Gasteiger partial charge is 0.508 e. The molecule has 0 aliphatic heterocycles. The van der Waals surface area contributed by atoms with Crippen molar-refractivity contribution in [2.45, 2.75) is 6.42 Å². The number of phenolic OH excluding ortho intramolecular Hbond substituents is 1. The zero-order valence-corrected chi connectivity index (χ0v) is 10.2. The highest BCUT2D eigenvalue weighted by Gasteiger charge is 1.98. The second-order valence-electron chi connectivity index (χ2n) is 4.00. The first-order valence-electron chi connectivity index (χ1n) is 5.93. The Labute approximate surface area is 107 Å². The average Bonchev–Trinajstić information content (AvgIpc) is 2.41. The van der Waals surface area contributed by atoms with Crippen molar-refractivity contribution in [2.24, 2.45) is 0 Å². The second kappa shape index (κ2) is 5.92. The molecule has 2 rings (SSSR count). The molecule has 18 heavy (non-hydrogen) atoms. The fourth-order valence-electron chi connectivity index (χ4n) is 1.66. The van der Waals surface area contributed by atoms with Gasteiger partial charge >= 0.3 is 0 Å². The fourth-order valence-corrected chi connectivity index (χ4v) is 1.66. The van der Waals surface area contributed by atoms with Crippen molar-refractivity contribution < 1.29 is 9.84 Å². The van der Waals surface area contributed by atoms with Gasteiger partial charge in [-0.1, -0.05) is 30.3 Å². The van der Waals surface area contributed by atoms with E-state index in [1.54, 1.807) is 12.1 Å². The molecule has 2 aromatic rings. The Morgan fingerprint density at radius 1 is 0.944 bits per heavy atom. The summed E-state index contributed by atoms with van der Waals surface area (Å²) in [6.45, 7) is 4.31. The van der Waals surface area contributed by atoms with Crippen LogP contribution in [0.3, 0.4) is 0 Å². The molecular formula is C16H16O2. The molecule has 0 aliphatic rings. The molecule has 0 saturated carbocycles. The van der Waals surface area contributed by atoms with E-state index in [4.69, 9.17) is 4.74 Å². The summed E-state index contributed by atoms with van der Waals surface area (Å²) in [5.41, 5.74) is 2.18. The van der Waals surface area contributed by atoms with Gasteiger partial charge in [0.05, 0.1) is 6.61 Å². The van der Waals surface area contributed by atoms with Crippen LogP contribution in [0.5, 0.6) is 11.5 Å². The lowest BCUT2D eigenvalue weighted by Crippen LogP contribution is -1.94. The maximum Gasteiger partial charge on any atom is 0.119 e. The van der Waals surface area contributed by atoms with Crippen molar-refractivity contribution in [3.63, 3.8) is 0 Å². The van der Waals surface area contributed by atoms with E-state index >= 15 is 0 Å². The number of benzene rings is 2. The van der Waals surface area contributed by atoms with E-state index < -0.39 is 0 Å². The predicted octanol–water partition coefficient (Wildman–Crippen LogP) is 4.01. The molecule has 0 saturated heterocycles. The highest BCUT2D eigenvalue weighted by atomic mass is 16.5. The third-order valence-electron chi connectivity index (χ3n) is 2.65. The summed E-state index contributed by atoms with van der Waals surface area (Å²) in [7, 11) is 0. The van der Waals surface area contributed by atoms with Gasteiger partial charge in [-0.2, -0.15) is 0 Å². The molecule has 0 bridgehead atoms. The fraction of sp³-hybridized carbons (Fsp3) is 0.125. The lowest BCUT2D eigenvalue weighted by molar-refractivity contribution is 0.325. The minimum atomic E-state index is 0.281. The molecule has 0 aliphatic carbocycles. The first-order chi connectivity index (χ1) is 8.79. The standard InChI is InChI=1S/C16H16O2/c1-2-3-12-18-16-10-6-14(7-11-16)13-4-8-15(17)9-5-13/h2,4-11,17H,1,3,12H2. The van der Waals surface area contributed by atoms with Gasteiger partial charge in [-0.3, -0.25) is 0 Å². The Morgan fingerprint density at radius 2 is 1.50 bits per heavy atom. The van der Waals surface area contributed by atoms with E-state index in [1.165, 1.54) is 0 Å². The Kier molecular flexibility index (Phi) is 4.02. The smallest absolute Gasteiger partial charge is 0.119 e. The summed E-state index contributed by atoms with van der Waals surface area (Å²) in [4.78, 5) is 0. The van der Waals surface area contributed by atoms with E-state index in [9.17, 15) is 5.11 Å². The molecule has 0 heterocycles. The van der Waals surface area contributed by atoms with Gasteiger partial charge in [0.2, 0.25) is 0 Å². The van der Waals surface area contributed by atoms with Crippen LogP contribution in [0.2, 0.25) is 0 Å². The molecule has 1 N–H and O–H groups in total. The van der Waals surface area contributed by atoms with Crippen LogP contribution in [-0.2, 0) is 0 Å². The van der Waals surface area contributed by atoms with Crippen LogP contribution in [0.4, 0.5) is 0 Å². The van der Waals surface area contributed by atoms with Crippen molar-refractivity contribution in [3.05, 3.63) is 61.2 Å². The van der Waals surface area contributed by atoms with E-state index in [0.29, 0.717) is 6.61 Å². The predicted molar refractivity (Wildman–Crippen MR) is 73.9 cm³/mol. The summed E-state index contributed by atoms with van der Waals surface area (Å²) in [5, 5.41) is 9.24. The summed E-state index contributed by atoms with van der Waals surface area (Å²) < 4.78 is 5.55. The number of hydrogen-bond donors (Lipinski definition) is 1. The molecule has 0 atom stereocenters. The molecule has 2 aromatic carbocycles. The molecule has 0 radical (unpaired) electrons. The Hall–Kier alpha value is -2.22. The normalized spacial score (nSPS) is 10.0. The molecule has 2 heteroatoms. The first kappa shape index (κ1) is 12.2. The van der Waals surface area contributed by atoms with Gasteiger partial charge in [0.25, 0.3) is 0 Å². The van der Waals surface area contributed by atoms with Crippen molar-refractivity contribution in [2.75, 3.05) is 6.61 Å². The van der Waals surface area contributed by atoms with Gasteiger partial charge in [-0.15, -0.1) is 6.58 Å². The molecule has 2 nitrogen and oxygen atoms in total. The Bertz CT molecular complexity index is 498. The zero-order valence-electron chi connectivity index (χ0n) is 10.2. The molecule has 0 amide bonds. The van der Waals surface area contributed by atoms with Crippen LogP contribution in [0.25, 0.3) is 11.1 Å². The molecule has 0 aromatic heterocycles. The van der Waals surface area contributed by atoms with Crippen LogP contribution in [0.1, 0.15) is 6.42 Å². The Morgan fingerprint density at radius 3 is 2.06 bits per heavy atom. The molecule has 0 unspecified atom stereocenters. The van der Waals surface area contributed by atoms with Crippen LogP contribution in [-0.4, -0.2) is 11.7 Å². The molecule has 0 spiro atoms. The summed E-state index contributed by atoms with van der Waals surface area (Å²) >= 11 is 0. The van der Waals surface area contributed by atoms with Crippen molar-refractivity contribution in [1.82, 2.24) is 0 Å². The number of ether oxygens (including phenoxy) is 1. The zero-order chi connectivity index (χ0) is 12.8. The van der Waals surface area contributed by atoms with Gasteiger partial charge in [0.1, 0.15) is 11.5 Å². The van der Waals surface area contributed by atoms with Crippen LogP contribution >= 0.6 is 0 Å². The third kappa shape index (κ3) is 3.14. The quantitative estimate of drug-likeness (QED) is 0.632. The number of aromatic hydroxyl groups is 1. The van der Waals surface area contributed by atoms with Crippen molar-refractivity contribution in [1.29, 1.82) is 0 Å². The number of rotatable bonds is 5. The van der Waals surface area contributed by atoms with E-state index in [1.807, 2.05) is 42.5 Å². The Balaban J connectivity index is 2.07. The van der Waals surface area contributed by atoms with Gasteiger partial charge in [-0.25, -0.2) is 0 Å². The highest BCUT2D eigenvalue weighted by molar-refractivity contribution is 5.64. The molecule has 92 valence electrons. The second-order valence-corrected chi connectivity index (χ2v) is 4.00. The van der Waals surface area contributed by atoms with Gasteiger partial charge in [0.15, 0.2) is 0 Å². The molecular weight excluding hydrogens is 224 g/mol. The average molecular weight is 240 g/mol. The SMILES string of the molecule is C=CCCOc1ccc(-c2ccc(O)cc2)cc1. The van der Waals surface area contributed by atoms with Gasteiger partial charge < -0.3 is 9.84 Å². The van der Waals surface area contributed by atoms with Crippen LogP contribution < -0.4 is 4.74 Å². The van der Waals surface area contributed by atoms with E-state index in [0.717, 1.165) is 23.3 Å². The highest BCUT2D eigenvalue weighted by Crippen LogP contribution is 2.24. The minimum Gasteiger partial charge on any atom is -0.508 e. The maximum absolute atomic E-state index is 9.24. The van der Waals surface area contributed by atoms with Crippen LogP contribution in [0.15, 0.2) is 61.2 Å². The van der Waals surface area contributed by atoms with Crippen LogP contribution in [0, 0.1) is 0 Å². The van der Waals surface area contributed by atoms with E-state index in [2.05, 4.69) is 6.58 Å². The lowest BCUT2D eigenvalue weighted by Gasteiger charge is -2.06. The van der Waals surface area contributed by atoms with Crippen molar-refractivity contribution in [3.8, 4) is 22.6 Å². The van der Waals surface area contributed by atoms with Gasteiger partial charge in [-0.05, 0) is 41.8 Å². The van der Waals surface area contributed by atoms with Crippen molar-refractivity contribution >= 4 is 0 Å².